The minimum atomic E-state index is 0.363. The second kappa shape index (κ2) is 7.78. The van der Waals surface area contributed by atoms with Crippen LogP contribution in [-0.2, 0) is 4.79 Å². The average Bonchev–Trinajstić information content (AvgIpc) is 2.38. The van der Waals surface area contributed by atoms with Crippen molar-refractivity contribution >= 4 is 46.0 Å². The molecule has 0 heterocycles. The lowest BCUT2D eigenvalue weighted by Crippen LogP contribution is -2.08. The van der Waals surface area contributed by atoms with E-state index in [-0.39, 0.29) is 0 Å². The van der Waals surface area contributed by atoms with Gasteiger partial charge < -0.3 is 11.1 Å². The summed E-state index contributed by atoms with van der Waals surface area (Å²) >= 11 is 2.40. The SMILES string of the molecule is CCC(=N)S/C(N)=N\Sc1ccc(NC=O)cc1. The van der Waals surface area contributed by atoms with Crippen LogP contribution in [0.3, 0.4) is 0 Å². The molecule has 7 heteroatoms. The Bertz CT molecular complexity index is 445. The van der Waals surface area contributed by atoms with Crippen molar-refractivity contribution in [1.82, 2.24) is 0 Å². The number of amides is 1. The van der Waals surface area contributed by atoms with Crippen LogP contribution in [-0.4, -0.2) is 16.6 Å². The van der Waals surface area contributed by atoms with Crippen LogP contribution in [0.2, 0.25) is 0 Å². The summed E-state index contributed by atoms with van der Waals surface area (Å²) in [5.74, 6) is 0. The minimum Gasteiger partial charge on any atom is -0.377 e. The second-order valence-corrected chi connectivity index (χ2v) is 5.14. The van der Waals surface area contributed by atoms with E-state index < -0.39 is 0 Å². The number of hydrogen-bond acceptors (Lipinski definition) is 5. The van der Waals surface area contributed by atoms with Gasteiger partial charge in [-0.3, -0.25) is 10.2 Å². The number of rotatable bonds is 5. The van der Waals surface area contributed by atoms with Gasteiger partial charge in [0.25, 0.3) is 0 Å². The molecular weight excluding hydrogens is 268 g/mol. The molecule has 96 valence electrons. The number of anilines is 1. The van der Waals surface area contributed by atoms with Crippen molar-refractivity contribution in [3.63, 3.8) is 0 Å². The first-order valence-electron chi connectivity index (χ1n) is 5.21. The predicted molar refractivity (Wildman–Crippen MR) is 79.2 cm³/mol. The molecule has 0 unspecified atom stereocenters. The number of carbonyl (C=O) groups excluding carboxylic acids is 1. The summed E-state index contributed by atoms with van der Waals surface area (Å²) in [5.41, 5.74) is 6.40. The Kier molecular flexibility index (Phi) is 6.31. The largest absolute Gasteiger partial charge is 0.377 e. The van der Waals surface area contributed by atoms with E-state index in [1.165, 1.54) is 11.9 Å². The quantitative estimate of drug-likeness (QED) is 0.335. The number of thioether (sulfide) groups is 1. The van der Waals surface area contributed by atoms with Crippen LogP contribution in [0.5, 0.6) is 0 Å². The van der Waals surface area contributed by atoms with Crippen molar-refractivity contribution in [2.75, 3.05) is 5.32 Å². The highest BCUT2D eigenvalue weighted by Crippen LogP contribution is 2.22. The molecule has 1 aromatic carbocycles. The summed E-state index contributed by atoms with van der Waals surface area (Å²) in [6.07, 6.45) is 1.28. The standard InChI is InChI=1S/C11H14N4OS2/c1-2-10(12)17-11(13)15-18-9-5-3-8(4-6-9)14-7-16/h3-7,12H,2H2,1H3,(H2,13,15)(H,14,16). The van der Waals surface area contributed by atoms with Gasteiger partial charge in [-0.25, -0.2) is 0 Å². The van der Waals surface area contributed by atoms with Gasteiger partial charge in [0.15, 0.2) is 5.17 Å². The van der Waals surface area contributed by atoms with E-state index in [1.54, 1.807) is 12.1 Å². The number of amidine groups is 1. The summed E-state index contributed by atoms with van der Waals surface area (Å²) in [7, 11) is 0. The molecule has 0 fully saturated rings. The van der Waals surface area contributed by atoms with Crippen LogP contribution >= 0.6 is 23.7 Å². The Morgan fingerprint density at radius 3 is 2.72 bits per heavy atom. The van der Waals surface area contributed by atoms with E-state index in [2.05, 4.69) is 9.71 Å². The van der Waals surface area contributed by atoms with E-state index in [4.69, 9.17) is 11.1 Å². The molecule has 5 nitrogen and oxygen atoms in total. The maximum absolute atomic E-state index is 10.2. The van der Waals surface area contributed by atoms with Crippen LogP contribution in [0, 0.1) is 5.41 Å². The van der Waals surface area contributed by atoms with Crippen LogP contribution in [0.15, 0.2) is 33.6 Å². The second-order valence-electron chi connectivity index (χ2n) is 3.19. The maximum atomic E-state index is 10.2. The van der Waals surface area contributed by atoms with Crippen molar-refractivity contribution in [2.24, 2.45) is 10.1 Å². The van der Waals surface area contributed by atoms with Gasteiger partial charge in [-0.1, -0.05) is 6.92 Å². The molecule has 1 rings (SSSR count). The molecule has 0 saturated carbocycles. The van der Waals surface area contributed by atoms with E-state index in [0.717, 1.165) is 22.3 Å². The lowest BCUT2D eigenvalue weighted by atomic mass is 10.3. The molecule has 1 aromatic rings. The summed E-state index contributed by atoms with van der Waals surface area (Å²) in [6, 6.07) is 7.24. The van der Waals surface area contributed by atoms with Crippen molar-refractivity contribution in [1.29, 1.82) is 5.41 Å². The van der Waals surface area contributed by atoms with E-state index in [1.807, 2.05) is 19.1 Å². The van der Waals surface area contributed by atoms with E-state index in [0.29, 0.717) is 23.0 Å². The summed E-state index contributed by atoms with van der Waals surface area (Å²) in [5, 5.41) is 10.9. The Morgan fingerprint density at radius 1 is 1.50 bits per heavy atom. The first kappa shape index (κ1) is 14.6. The summed E-state index contributed by atoms with van der Waals surface area (Å²) < 4.78 is 4.10. The zero-order valence-corrected chi connectivity index (χ0v) is 11.5. The van der Waals surface area contributed by atoms with Crippen LogP contribution in [0.4, 0.5) is 5.69 Å². The monoisotopic (exact) mass is 282 g/mol. The van der Waals surface area contributed by atoms with Gasteiger partial charge >= 0.3 is 0 Å². The van der Waals surface area contributed by atoms with Crippen molar-refractivity contribution < 1.29 is 4.79 Å². The Hall–Kier alpha value is -1.47. The molecule has 0 saturated heterocycles. The normalized spacial score (nSPS) is 11.1. The zero-order valence-electron chi connectivity index (χ0n) is 9.84. The van der Waals surface area contributed by atoms with Gasteiger partial charge in [-0.05, 0) is 42.4 Å². The molecule has 18 heavy (non-hydrogen) atoms. The first-order chi connectivity index (χ1) is 8.65. The van der Waals surface area contributed by atoms with Gasteiger partial charge in [-0.15, -0.1) is 0 Å². The zero-order chi connectivity index (χ0) is 13.4. The number of benzene rings is 1. The topological polar surface area (TPSA) is 91.3 Å². The third-order valence-electron chi connectivity index (χ3n) is 1.87. The van der Waals surface area contributed by atoms with E-state index in [9.17, 15) is 4.79 Å². The van der Waals surface area contributed by atoms with Crippen LogP contribution in [0.25, 0.3) is 0 Å². The molecule has 0 radical (unpaired) electrons. The molecule has 4 N–H and O–H groups in total. The Labute approximate surface area is 114 Å². The van der Waals surface area contributed by atoms with Gasteiger partial charge in [0.05, 0.1) is 5.04 Å². The number of carbonyl (C=O) groups is 1. The third kappa shape index (κ3) is 5.24. The van der Waals surface area contributed by atoms with Gasteiger partial charge in [0.2, 0.25) is 6.41 Å². The lowest BCUT2D eigenvalue weighted by molar-refractivity contribution is -0.105. The molecule has 0 atom stereocenters. The van der Waals surface area contributed by atoms with E-state index >= 15 is 0 Å². The Morgan fingerprint density at radius 2 is 2.17 bits per heavy atom. The highest BCUT2D eigenvalue weighted by molar-refractivity contribution is 8.26. The van der Waals surface area contributed by atoms with Crippen molar-refractivity contribution in [2.45, 2.75) is 18.2 Å². The number of nitrogens with zero attached hydrogens (tertiary/aromatic N) is 1. The van der Waals surface area contributed by atoms with Gasteiger partial charge in [-0.2, -0.15) is 4.40 Å². The maximum Gasteiger partial charge on any atom is 0.211 e. The van der Waals surface area contributed by atoms with Gasteiger partial charge in [0.1, 0.15) is 0 Å². The molecule has 0 spiro atoms. The average molecular weight is 282 g/mol. The van der Waals surface area contributed by atoms with Crippen molar-refractivity contribution in [3.05, 3.63) is 24.3 Å². The molecule has 0 aliphatic rings. The summed E-state index contributed by atoms with van der Waals surface area (Å²) in [4.78, 5) is 11.1. The van der Waals surface area contributed by atoms with Crippen LogP contribution in [0.1, 0.15) is 13.3 Å². The molecule has 0 aliphatic carbocycles. The third-order valence-corrected chi connectivity index (χ3v) is 3.59. The smallest absolute Gasteiger partial charge is 0.211 e. The highest BCUT2D eigenvalue weighted by Gasteiger charge is 2.00. The number of nitrogens with two attached hydrogens (primary N) is 1. The number of hydrogen-bond donors (Lipinski definition) is 3. The molecule has 0 bridgehead atoms. The lowest BCUT2D eigenvalue weighted by Gasteiger charge is -2.01. The fourth-order valence-corrected chi connectivity index (χ4v) is 2.11. The minimum absolute atomic E-state index is 0.363. The highest BCUT2D eigenvalue weighted by atomic mass is 32.2. The fraction of sp³-hybridized carbons (Fsp3) is 0.182. The van der Waals surface area contributed by atoms with Gasteiger partial charge in [0, 0.05) is 22.5 Å². The Balaban J connectivity index is 2.54. The molecule has 0 aliphatic heterocycles. The van der Waals surface area contributed by atoms with Crippen LogP contribution < -0.4 is 11.1 Å². The number of nitrogens with one attached hydrogen (secondary N) is 2. The van der Waals surface area contributed by atoms with Crippen molar-refractivity contribution in [3.8, 4) is 0 Å². The predicted octanol–water partition coefficient (Wildman–Crippen LogP) is 2.70. The summed E-state index contributed by atoms with van der Waals surface area (Å²) in [6.45, 7) is 1.90. The molecule has 0 aromatic heterocycles. The fourth-order valence-electron chi connectivity index (χ4n) is 0.995. The molecule has 1 amide bonds. The molecular formula is C11H14N4OS2. The first-order valence-corrected chi connectivity index (χ1v) is 6.80.